The molecule has 0 aromatic rings. The number of hydrogen-bond donors (Lipinski definition) is 2. The summed E-state index contributed by atoms with van der Waals surface area (Å²) < 4.78 is 27.8. The lowest BCUT2D eigenvalue weighted by molar-refractivity contribution is -0.0578. The van der Waals surface area contributed by atoms with E-state index < -0.39 is 15.4 Å². The molecule has 0 aliphatic carbocycles. The van der Waals surface area contributed by atoms with Crippen LogP contribution in [0, 0.1) is 0 Å². The Kier molecular flexibility index (Phi) is 3.88. The Morgan fingerprint density at radius 1 is 1.36 bits per heavy atom. The van der Waals surface area contributed by atoms with Crippen molar-refractivity contribution in [1.82, 2.24) is 0 Å². The van der Waals surface area contributed by atoms with Gasteiger partial charge >= 0.3 is 0 Å². The van der Waals surface area contributed by atoms with Gasteiger partial charge in [0.05, 0.1) is 30.3 Å². The average molecular weight is 223 g/mol. The van der Waals surface area contributed by atoms with E-state index in [0.717, 1.165) is 0 Å². The van der Waals surface area contributed by atoms with Crippen LogP contribution in [0.5, 0.6) is 0 Å². The third-order valence-electron chi connectivity index (χ3n) is 2.61. The molecule has 0 aromatic heterocycles. The monoisotopic (exact) mass is 223 g/mol. The number of nitrogens with two attached hydrogens (primary N) is 1. The van der Waals surface area contributed by atoms with Gasteiger partial charge in [-0.3, -0.25) is 0 Å². The first-order valence-electron chi connectivity index (χ1n) is 4.69. The van der Waals surface area contributed by atoms with Crippen LogP contribution in [0.15, 0.2) is 0 Å². The van der Waals surface area contributed by atoms with Crippen molar-refractivity contribution in [3.8, 4) is 0 Å². The Balaban J connectivity index is 2.56. The zero-order valence-electron chi connectivity index (χ0n) is 8.11. The quantitative estimate of drug-likeness (QED) is 0.631. The zero-order valence-corrected chi connectivity index (χ0v) is 8.92. The first kappa shape index (κ1) is 11.9. The SMILES string of the molecule is NCC1(OCCO)CCS(=O)(=O)CC1. The van der Waals surface area contributed by atoms with Crippen LogP contribution in [0.2, 0.25) is 0 Å². The van der Waals surface area contributed by atoms with Crippen molar-refractivity contribution in [2.24, 2.45) is 5.73 Å². The maximum absolute atomic E-state index is 11.2. The normalized spacial score (nSPS) is 24.7. The lowest BCUT2D eigenvalue weighted by Gasteiger charge is -2.35. The first-order valence-corrected chi connectivity index (χ1v) is 6.51. The molecule has 84 valence electrons. The van der Waals surface area contributed by atoms with Gasteiger partial charge < -0.3 is 15.6 Å². The Hall–Kier alpha value is -0.170. The number of hydrogen-bond acceptors (Lipinski definition) is 5. The van der Waals surface area contributed by atoms with Crippen molar-refractivity contribution in [2.75, 3.05) is 31.3 Å². The Labute approximate surface area is 84.2 Å². The van der Waals surface area contributed by atoms with Crippen LogP contribution in [0.4, 0.5) is 0 Å². The number of ether oxygens (including phenoxy) is 1. The van der Waals surface area contributed by atoms with Gasteiger partial charge in [-0.15, -0.1) is 0 Å². The minimum Gasteiger partial charge on any atom is -0.394 e. The lowest BCUT2D eigenvalue weighted by Crippen LogP contribution is -2.47. The highest BCUT2D eigenvalue weighted by atomic mass is 32.2. The van der Waals surface area contributed by atoms with Crippen LogP contribution in [-0.4, -0.2) is 50.4 Å². The van der Waals surface area contributed by atoms with Crippen LogP contribution in [0.25, 0.3) is 0 Å². The summed E-state index contributed by atoms with van der Waals surface area (Å²) in [6, 6.07) is 0. The molecule has 0 unspecified atom stereocenters. The third kappa shape index (κ3) is 2.91. The van der Waals surface area contributed by atoms with Gasteiger partial charge in [0.15, 0.2) is 9.84 Å². The topological polar surface area (TPSA) is 89.6 Å². The fraction of sp³-hybridized carbons (Fsp3) is 1.00. The van der Waals surface area contributed by atoms with Crippen molar-refractivity contribution in [3.05, 3.63) is 0 Å². The number of aliphatic hydroxyl groups excluding tert-OH is 1. The van der Waals surface area contributed by atoms with Crippen molar-refractivity contribution < 1.29 is 18.3 Å². The maximum atomic E-state index is 11.2. The van der Waals surface area contributed by atoms with E-state index in [1.807, 2.05) is 0 Å². The second-order valence-corrected chi connectivity index (χ2v) is 5.91. The molecule has 6 heteroatoms. The summed E-state index contributed by atoms with van der Waals surface area (Å²) in [5.41, 5.74) is 5.03. The molecule has 0 saturated carbocycles. The van der Waals surface area contributed by atoms with Crippen LogP contribution >= 0.6 is 0 Å². The Morgan fingerprint density at radius 3 is 2.36 bits per heavy atom. The van der Waals surface area contributed by atoms with Crippen LogP contribution in [0.3, 0.4) is 0 Å². The molecule has 1 aliphatic heterocycles. The summed E-state index contributed by atoms with van der Waals surface area (Å²) in [5.74, 6) is 0.269. The number of aliphatic hydroxyl groups is 1. The zero-order chi connectivity index (χ0) is 10.7. The highest BCUT2D eigenvalue weighted by Gasteiger charge is 2.36. The van der Waals surface area contributed by atoms with Crippen molar-refractivity contribution >= 4 is 9.84 Å². The van der Waals surface area contributed by atoms with Crippen LogP contribution in [0.1, 0.15) is 12.8 Å². The van der Waals surface area contributed by atoms with Crippen molar-refractivity contribution in [1.29, 1.82) is 0 Å². The van der Waals surface area contributed by atoms with E-state index in [2.05, 4.69) is 0 Å². The second-order valence-electron chi connectivity index (χ2n) is 3.61. The molecule has 1 saturated heterocycles. The highest BCUT2D eigenvalue weighted by molar-refractivity contribution is 7.91. The molecule has 1 heterocycles. The predicted molar refractivity (Wildman–Crippen MR) is 52.7 cm³/mol. The van der Waals surface area contributed by atoms with Gasteiger partial charge in [0.2, 0.25) is 0 Å². The van der Waals surface area contributed by atoms with Gasteiger partial charge in [-0.1, -0.05) is 0 Å². The van der Waals surface area contributed by atoms with E-state index in [-0.39, 0.29) is 24.7 Å². The van der Waals surface area contributed by atoms with Gasteiger partial charge in [-0.05, 0) is 12.8 Å². The van der Waals surface area contributed by atoms with E-state index in [1.165, 1.54) is 0 Å². The largest absolute Gasteiger partial charge is 0.394 e. The average Bonchev–Trinajstić information content (AvgIpc) is 2.18. The van der Waals surface area contributed by atoms with Gasteiger partial charge in [0.25, 0.3) is 0 Å². The standard InChI is InChI=1S/C8H17NO4S/c9-7-8(13-4-3-10)1-5-14(11,12)6-2-8/h10H,1-7,9H2. The fourth-order valence-electron chi connectivity index (χ4n) is 1.58. The summed E-state index contributed by atoms with van der Waals surface area (Å²) in [4.78, 5) is 0. The molecule has 0 amide bonds. The van der Waals surface area contributed by atoms with E-state index in [0.29, 0.717) is 19.4 Å². The summed E-state index contributed by atoms with van der Waals surface area (Å²) >= 11 is 0. The Bertz CT molecular complexity index is 261. The predicted octanol–water partition coefficient (Wildman–Crippen LogP) is -1.10. The minimum atomic E-state index is -2.89. The molecule has 3 N–H and O–H groups in total. The van der Waals surface area contributed by atoms with Gasteiger partial charge in [-0.25, -0.2) is 8.42 Å². The number of sulfone groups is 1. The van der Waals surface area contributed by atoms with Gasteiger partial charge in [0.1, 0.15) is 0 Å². The molecule has 0 aromatic carbocycles. The van der Waals surface area contributed by atoms with Crippen molar-refractivity contribution in [3.63, 3.8) is 0 Å². The summed E-state index contributed by atoms with van der Waals surface area (Å²) in [6.07, 6.45) is 0.873. The van der Waals surface area contributed by atoms with Gasteiger partial charge in [-0.2, -0.15) is 0 Å². The maximum Gasteiger partial charge on any atom is 0.150 e. The molecule has 1 aliphatic rings. The third-order valence-corrected chi connectivity index (χ3v) is 4.26. The van der Waals surface area contributed by atoms with E-state index in [1.54, 1.807) is 0 Å². The van der Waals surface area contributed by atoms with E-state index in [4.69, 9.17) is 15.6 Å². The molecule has 14 heavy (non-hydrogen) atoms. The van der Waals surface area contributed by atoms with Gasteiger partial charge in [0, 0.05) is 6.54 Å². The van der Waals surface area contributed by atoms with Crippen LogP contribution < -0.4 is 5.73 Å². The summed E-state index contributed by atoms with van der Waals surface area (Å²) in [6.45, 7) is 0.467. The first-order chi connectivity index (χ1) is 6.54. The lowest BCUT2D eigenvalue weighted by atomic mass is 9.97. The van der Waals surface area contributed by atoms with E-state index >= 15 is 0 Å². The summed E-state index contributed by atoms with van der Waals surface area (Å²) in [7, 11) is -2.89. The molecule has 1 rings (SSSR count). The smallest absolute Gasteiger partial charge is 0.150 e. The second kappa shape index (κ2) is 4.57. The highest BCUT2D eigenvalue weighted by Crippen LogP contribution is 2.26. The summed E-state index contributed by atoms with van der Waals surface area (Å²) in [5, 5.41) is 8.63. The minimum absolute atomic E-state index is 0.0610. The van der Waals surface area contributed by atoms with Crippen molar-refractivity contribution in [2.45, 2.75) is 18.4 Å². The number of rotatable bonds is 4. The Morgan fingerprint density at radius 2 is 1.93 bits per heavy atom. The molecule has 5 nitrogen and oxygen atoms in total. The van der Waals surface area contributed by atoms with Crippen LogP contribution in [-0.2, 0) is 14.6 Å². The molecule has 0 atom stereocenters. The molecular formula is C8H17NO4S. The molecule has 1 fully saturated rings. The molecule has 0 spiro atoms. The fourth-order valence-corrected chi connectivity index (χ4v) is 3.15. The van der Waals surface area contributed by atoms with E-state index in [9.17, 15) is 8.42 Å². The molecule has 0 radical (unpaired) electrons. The molecular weight excluding hydrogens is 206 g/mol. The molecule has 0 bridgehead atoms.